The van der Waals surface area contributed by atoms with Gasteiger partial charge in [-0.15, -0.1) is 0 Å². The highest BCUT2D eigenvalue weighted by molar-refractivity contribution is 5.72. The average Bonchev–Trinajstić information content (AvgIpc) is 2.57. The van der Waals surface area contributed by atoms with E-state index in [1.165, 1.54) is 0 Å². The Morgan fingerprint density at radius 3 is 2.14 bits per heavy atom. The summed E-state index contributed by atoms with van der Waals surface area (Å²) in [7, 11) is 0. The van der Waals surface area contributed by atoms with Gasteiger partial charge in [0.15, 0.2) is 0 Å². The zero-order chi connectivity index (χ0) is 15.6. The van der Waals surface area contributed by atoms with E-state index in [0.717, 1.165) is 61.5 Å². The largest absolute Gasteiger partial charge is 0.494 e. The minimum Gasteiger partial charge on any atom is -0.494 e. The molecular formula is C20H26O2. The molecule has 0 atom stereocenters. The van der Waals surface area contributed by atoms with E-state index < -0.39 is 0 Å². The standard InChI is InChI=1S/C20H26O2/c1-3-5-14-21-18-12-13-20(22-15-6-4-2)19(16-18)17-10-8-7-9-11-17/h7-13,16H,3-6,14-15H2,1-2H3. The summed E-state index contributed by atoms with van der Waals surface area (Å²) >= 11 is 0. The molecule has 0 aliphatic rings. The lowest BCUT2D eigenvalue weighted by Gasteiger charge is -2.14. The van der Waals surface area contributed by atoms with E-state index in [0.29, 0.717) is 0 Å². The second kappa shape index (κ2) is 9.14. The predicted octanol–water partition coefficient (Wildman–Crippen LogP) is 5.71. The average molecular weight is 298 g/mol. The van der Waals surface area contributed by atoms with Gasteiger partial charge in [-0.2, -0.15) is 0 Å². The molecule has 0 aromatic heterocycles. The molecule has 0 amide bonds. The third-order valence-electron chi connectivity index (χ3n) is 3.56. The zero-order valence-corrected chi connectivity index (χ0v) is 13.7. The lowest BCUT2D eigenvalue weighted by Crippen LogP contribution is -2.00. The fourth-order valence-electron chi connectivity index (χ4n) is 2.23. The van der Waals surface area contributed by atoms with Crippen molar-refractivity contribution in [2.45, 2.75) is 39.5 Å². The Hall–Kier alpha value is -1.96. The number of ether oxygens (including phenoxy) is 2. The van der Waals surface area contributed by atoms with E-state index in [1.54, 1.807) is 0 Å². The molecule has 0 unspecified atom stereocenters. The first-order valence-electron chi connectivity index (χ1n) is 8.30. The number of hydrogen-bond acceptors (Lipinski definition) is 2. The normalized spacial score (nSPS) is 10.5. The fraction of sp³-hybridized carbons (Fsp3) is 0.400. The van der Waals surface area contributed by atoms with E-state index >= 15 is 0 Å². The van der Waals surface area contributed by atoms with Crippen LogP contribution in [0, 0.1) is 0 Å². The van der Waals surface area contributed by atoms with Crippen LogP contribution in [-0.2, 0) is 0 Å². The highest BCUT2D eigenvalue weighted by atomic mass is 16.5. The number of hydrogen-bond donors (Lipinski definition) is 0. The van der Waals surface area contributed by atoms with Crippen LogP contribution in [0.5, 0.6) is 11.5 Å². The van der Waals surface area contributed by atoms with Gasteiger partial charge in [0.05, 0.1) is 13.2 Å². The summed E-state index contributed by atoms with van der Waals surface area (Å²) < 4.78 is 11.8. The summed E-state index contributed by atoms with van der Waals surface area (Å²) in [6.07, 6.45) is 4.43. The number of rotatable bonds is 9. The lowest BCUT2D eigenvalue weighted by atomic mass is 10.0. The van der Waals surface area contributed by atoms with Crippen molar-refractivity contribution in [3.8, 4) is 22.6 Å². The van der Waals surface area contributed by atoms with Crippen LogP contribution in [0.2, 0.25) is 0 Å². The molecule has 2 heteroatoms. The summed E-state index contributed by atoms with van der Waals surface area (Å²) in [4.78, 5) is 0. The Morgan fingerprint density at radius 1 is 0.773 bits per heavy atom. The molecule has 0 radical (unpaired) electrons. The zero-order valence-electron chi connectivity index (χ0n) is 13.7. The molecule has 22 heavy (non-hydrogen) atoms. The maximum Gasteiger partial charge on any atom is 0.127 e. The van der Waals surface area contributed by atoms with Crippen LogP contribution in [-0.4, -0.2) is 13.2 Å². The van der Waals surface area contributed by atoms with Gasteiger partial charge >= 0.3 is 0 Å². The quantitative estimate of drug-likeness (QED) is 0.552. The molecule has 0 saturated carbocycles. The minimum atomic E-state index is 0.756. The van der Waals surface area contributed by atoms with Gasteiger partial charge in [0.1, 0.15) is 11.5 Å². The molecule has 2 nitrogen and oxygen atoms in total. The van der Waals surface area contributed by atoms with Crippen molar-refractivity contribution in [1.29, 1.82) is 0 Å². The molecule has 2 aromatic carbocycles. The molecular weight excluding hydrogens is 272 g/mol. The molecule has 2 aromatic rings. The smallest absolute Gasteiger partial charge is 0.127 e. The van der Waals surface area contributed by atoms with Crippen molar-refractivity contribution in [3.63, 3.8) is 0 Å². The first-order chi connectivity index (χ1) is 10.8. The number of benzene rings is 2. The summed E-state index contributed by atoms with van der Waals surface area (Å²) in [5.41, 5.74) is 2.26. The van der Waals surface area contributed by atoms with Gasteiger partial charge in [0.25, 0.3) is 0 Å². The van der Waals surface area contributed by atoms with Crippen LogP contribution in [0.25, 0.3) is 11.1 Å². The van der Waals surface area contributed by atoms with E-state index in [2.05, 4.69) is 44.2 Å². The van der Waals surface area contributed by atoms with E-state index in [9.17, 15) is 0 Å². The molecule has 0 aliphatic heterocycles. The maximum absolute atomic E-state index is 5.96. The molecule has 0 aliphatic carbocycles. The topological polar surface area (TPSA) is 18.5 Å². The van der Waals surface area contributed by atoms with E-state index in [1.807, 2.05) is 18.2 Å². The highest BCUT2D eigenvalue weighted by Crippen LogP contribution is 2.33. The molecule has 0 N–H and O–H groups in total. The summed E-state index contributed by atoms with van der Waals surface area (Å²) in [6, 6.07) is 16.5. The van der Waals surface area contributed by atoms with E-state index in [-0.39, 0.29) is 0 Å². The molecule has 0 fully saturated rings. The second-order valence-electron chi connectivity index (χ2n) is 5.43. The second-order valence-corrected chi connectivity index (χ2v) is 5.43. The van der Waals surface area contributed by atoms with Gasteiger partial charge in [-0.25, -0.2) is 0 Å². The summed E-state index contributed by atoms with van der Waals surface area (Å²) in [5.74, 6) is 1.85. The van der Waals surface area contributed by atoms with Crippen LogP contribution in [0.3, 0.4) is 0 Å². The van der Waals surface area contributed by atoms with Crippen molar-refractivity contribution in [2.24, 2.45) is 0 Å². The van der Waals surface area contributed by atoms with E-state index in [4.69, 9.17) is 9.47 Å². The molecule has 2 rings (SSSR count). The van der Waals surface area contributed by atoms with Crippen molar-refractivity contribution >= 4 is 0 Å². The van der Waals surface area contributed by atoms with Gasteiger partial charge in [0, 0.05) is 5.56 Å². The monoisotopic (exact) mass is 298 g/mol. The van der Waals surface area contributed by atoms with Gasteiger partial charge in [-0.05, 0) is 36.6 Å². The summed E-state index contributed by atoms with van der Waals surface area (Å²) in [6.45, 7) is 5.86. The lowest BCUT2D eigenvalue weighted by molar-refractivity contribution is 0.302. The van der Waals surface area contributed by atoms with Gasteiger partial charge in [-0.3, -0.25) is 0 Å². The van der Waals surface area contributed by atoms with Crippen molar-refractivity contribution in [1.82, 2.24) is 0 Å². The molecule has 0 saturated heterocycles. The van der Waals surface area contributed by atoms with Crippen LogP contribution < -0.4 is 9.47 Å². The Kier molecular flexibility index (Phi) is 6.82. The maximum atomic E-state index is 5.96. The Bertz CT molecular complexity index is 549. The van der Waals surface area contributed by atoms with Crippen molar-refractivity contribution < 1.29 is 9.47 Å². The fourth-order valence-corrected chi connectivity index (χ4v) is 2.23. The van der Waals surface area contributed by atoms with Crippen molar-refractivity contribution in [2.75, 3.05) is 13.2 Å². The summed E-state index contributed by atoms with van der Waals surface area (Å²) in [5, 5.41) is 0. The first-order valence-corrected chi connectivity index (χ1v) is 8.30. The van der Waals surface area contributed by atoms with Gasteiger partial charge in [0.2, 0.25) is 0 Å². The first kappa shape index (κ1) is 16.4. The van der Waals surface area contributed by atoms with Crippen LogP contribution in [0.1, 0.15) is 39.5 Å². The SMILES string of the molecule is CCCCOc1ccc(OCCCC)c(-c2ccccc2)c1. The third kappa shape index (κ3) is 4.80. The van der Waals surface area contributed by atoms with Gasteiger partial charge < -0.3 is 9.47 Å². The molecule has 0 spiro atoms. The number of unbranched alkanes of at least 4 members (excludes halogenated alkanes) is 2. The van der Waals surface area contributed by atoms with Crippen molar-refractivity contribution in [3.05, 3.63) is 48.5 Å². The van der Waals surface area contributed by atoms with Crippen LogP contribution in [0.4, 0.5) is 0 Å². The molecule has 118 valence electrons. The Labute approximate surface area is 134 Å². The molecule has 0 bridgehead atoms. The van der Waals surface area contributed by atoms with Gasteiger partial charge in [-0.1, -0.05) is 57.0 Å². The highest BCUT2D eigenvalue weighted by Gasteiger charge is 2.08. The Morgan fingerprint density at radius 2 is 1.45 bits per heavy atom. The predicted molar refractivity (Wildman–Crippen MR) is 92.7 cm³/mol. The third-order valence-corrected chi connectivity index (χ3v) is 3.56. The van der Waals surface area contributed by atoms with Crippen LogP contribution in [0.15, 0.2) is 48.5 Å². The Balaban J connectivity index is 2.21. The minimum absolute atomic E-state index is 0.756. The van der Waals surface area contributed by atoms with Crippen LogP contribution >= 0.6 is 0 Å². The molecule has 0 heterocycles.